The van der Waals surface area contributed by atoms with Gasteiger partial charge in [0.15, 0.2) is 5.76 Å². The Hall–Kier alpha value is -3.74. The number of halogens is 3. The van der Waals surface area contributed by atoms with Gasteiger partial charge in [0.2, 0.25) is 5.82 Å². The monoisotopic (exact) mass is 807 g/mol. The summed E-state index contributed by atoms with van der Waals surface area (Å²) in [7, 11) is 0. The number of hydrogen-bond donors (Lipinski definition) is 0. The van der Waals surface area contributed by atoms with Gasteiger partial charge in [-0.05, 0) is 116 Å². The zero-order valence-corrected chi connectivity index (χ0v) is 27.4. The lowest BCUT2D eigenvalue weighted by Gasteiger charge is -2.13. The molecule has 210 valence electrons. The van der Waals surface area contributed by atoms with Crippen molar-refractivity contribution in [3.05, 3.63) is 137 Å². The lowest BCUT2D eigenvalue weighted by Crippen LogP contribution is -2.20. The first-order chi connectivity index (χ1) is 20.9. The molecule has 0 spiro atoms. The number of rotatable bonds is 6. The third kappa shape index (κ3) is 5.54. The highest BCUT2D eigenvalue weighted by atomic mass is 127. The molecule has 0 aliphatic heterocycles. The van der Waals surface area contributed by atoms with Crippen molar-refractivity contribution in [2.75, 3.05) is 0 Å². The predicted octanol–water partition coefficient (Wildman–Crippen LogP) is 9.29. The number of ether oxygens (including phenoxy) is 1. The van der Waals surface area contributed by atoms with Crippen LogP contribution in [0.15, 0.2) is 117 Å². The van der Waals surface area contributed by atoms with Gasteiger partial charge in [-0.15, -0.1) is 0 Å². The lowest BCUT2D eigenvalue weighted by atomic mass is 10.1. The zero-order valence-electron chi connectivity index (χ0n) is 22.3. The Morgan fingerprint density at radius 1 is 0.860 bits per heavy atom. The second kappa shape index (κ2) is 11.7. The third-order valence-corrected chi connectivity index (χ3v) is 8.89. The van der Waals surface area contributed by atoms with Crippen LogP contribution in [0.25, 0.3) is 44.2 Å². The van der Waals surface area contributed by atoms with E-state index in [2.05, 4.69) is 80.6 Å². The molecule has 43 heavy (non-hydrogen) atoms. The van der Waals surface area contributed by atoms with Gasteiger partial charge in [-0.2, -0.15) is 9.78 Å². The van der Waals surface area contributed by atoms with E-state index in [-0.39, 0.29) is 5.56 Å². The lowest BCUT2D eigenvalue weighted by molar-refractivity contribution is 0.303. The average Bonchev–Trinajstić information content (AvgIpc) is 3.43. The second-order valence-corrected chi connectivity index (χ2v) is 12.6. The standard InChI is InChI=1S/C34H20ClI2N3O3/c35-24-12-13-30-23(16-24)17-31(43-30)33-39-29-11-4-3-10-26(29)34(41)40(33)38-18-20-14-27(36)32(28(37)15-20)42-19-22-8-5-7-21-6-1-2-9-25(21)22/h1-18H,19H2. The first kappa shape index (κ1) is 28.1. The van der Waals surface area contributed by atoms with Crippen LogP contribution < -0.4 is 10.3 Å². The molecule has 0 fully saturated rings. The molecule has 9 heteroatoms. The van der Waals surface area contributed by atoms with Crippen LogP contribution in [-0.2, 0) is 6.61 Å². The Morgan fingerprint density at radius 2 is 1.60 bits per heavy atom. The van der Waals surface area contributed by atoms with E-state index in [1.807, 2.05) is 48.5 Å². The fraction of sp³-hybridized carbons (Fsp3) is 0.0294. The largest absolute Gasteiger partial charge is 0.487 e. The molecule has 0 N–H and O–H groups in total. The minimum atomic E-state index is -0.297. The number of benzene rings is 5. The summed E-state index contributed by atoms with van der Waals surface area (Å²) >= 11 is 10.7. The SMILES string of the molecule is O=c1c2ccccc2nc(-c2cc3cc(Cl)ccc3o2)n1N=Cc1cc(I)c(OCc2cccc3ccccc23)c(I)c1. The highest BCUT2D eigenvalue weighted by molar-refractivity contribution is 14.1. The minimum Gasteiger partial charge on any atom is -0.487 e. The molecule has 7 aromatic rings. The van der Waals surface area contributed by atoms with Gasteiger partial charge < -0.3 is 9.15 Å². The highest BCUT2D eigenvalue weighted by Gasteiger charge is 2.17. The average molecular weight is 808 g/mol. The third-order valence-electron chi connectivity index (χ3n) is 7.05. The van der Waals surface area contributed by atoms with Gasteiger partial charge in [-0.3, -0.25) is 4.79 Å². The molecule has 0 amide bonds. The zero-order chi connectivity index (χ0) is 29.5. The molecular weight excluding hydrogens is 788 g/mol. The molecule has 5 aromatic carbocycles. The molecule has 2 aromatic heterocycles. The number of furan rings is 1. The summed E-state index contributed by atoms with van der Waals surface area (Å²) in [5, 5.41) is 8.84. The Kier molecular flexibility index (Phi) is 7.66. The van der Waals surface area contributed by atoms with E-state index in [1.54, 1.807) is 30.5 Å². The van der Waals surface area contributed by atoms with E-state index in [0.29, 0.717) is 39.7 Å². The van der Waals surface area contributed by atoms with Crippen LogP contribution in [0.5, 0.6) is 5.75 Å². The van der Waals surface area contributed by atoms with Crippen LogP contribution in [0.2, 0.25) is 5.02 Å². The van der Waals surface area contributed by atoms with Crippen LogP contribution in [0.4, 0.5) is 0 Å². The summed E-state index contributed by atoms with van der Waals surface area (Å²) in [4.78, 5) is 18.4. The van der Waals surface area contributed by atoms with E-state index >= 15 is 0 Å². The van der Waals surface area contributed by atoms with Crippen LogP contribution in [0.3, 0.4) is 0 Å². The maximum Gasteiger partial charge on any atom is 0.282 e. The van der Waals surface area contributed by atoms with Gasteiger partial charge in [-0.25, -0.2) is 4.98 Å². The number of para-hydroxylation sites is 1. The van der Waals surface area contributed by atoms with Gasteiger partial charge in [-0.1, -0.05) is 66.2 Å². The molecule has 0 aliphatic rings. The Labute approximate surface area is 278 Å². The van der Waals surface area contributed by atoms with Crippen molar-refractivity contribution in [2.24, 2.45) is 5.10 Å². The van der Waals surface area contributed by atoms with Crippen LogP contribution in [0, 0.1) is 7.14 Å². The summed E-state index contributed by atoms with van der Waals surface area (Å²) < 4.78 is 15.5. The molecule has 0 aliphatic carbocycles. The summed E-state index contributed by atoms with van der Waals surface area (Å²) in [6, 6.07) is 32.9. The summed E-state index contributed by atoms with van der Waals surface area (Å²) in [6.45, 7) is 0.449. The summed E-state index contributed by atoms with van der Waals surface area (Å²) in [5.74, 6) is 1.52. The molecular formula is C34H20ClI2N3O3. The van der Waals surface area contributed by atoms with Crippen molar-refractivity contribution in [3.63, 3.8) is 0 Å². The molecule has 0 atom stereocenters. The van der Waals surface area contributed by atoms with Gasteiger partial charge in [0.25, 0.3) is 5.56 Å². The van der Waals surface area contributed by atoms with Crippen molar-refractivity contribution in [2.45, 2.75) is 6.61 Å². The Balaban J connectivity index is 1.24. The normalized spacial score (nSPS) is 11.7. The molecule has 0 saturated heterocycles. The maximum absolute atomic E-state index is 13.6. The predicted molar refractivity (Wildman–Crippen MR) is 189 cm³/mol. The first-order valence-corrected chi connectivity index (χ1v) is 15.8. The number of aromatic nitrogens is 2. The van der Waals surface area contributed by atoms with Crippen LogP contribution in [0.1, 0.15) is 11.1 Å². The molecule has 0 bridgehead atoms. The molecule has 0 unspecified atom stereocenters. The Morgan fingerprint density at radius 3 is 2.44 bits per heavy atom. The van der Waals surface area contributed by atoms with Crippen molar-refractivity contribution in [1.29, 1.82) is 0 Å². The minimum absolute atomic E-state index is 0.297. The second-order valence-electron chi connectivity index (χ2n) is 9.85. The van der Waals surface area contributed by atoms with E-state index in [1.165, 1.54) is 15.4 Å². The smallest absolute Gasteiger partial charge is 0.282 e. The van der Waals surface area contributed by atoms with Crippen molar-refractivity contribution < 1.29 is 9.15 Å². The molecule has 7 rings (SSSR count). The maximum atomic E-state index is 13.6. The molecule has 0 saturated carbocycles. The van der Waals surface area contributed by atoms with Crippen molar-refractivity contribution in [1.82, 2.24) is 9.66 Å². The van der Waals surface area contributed by atoms with Gasteiger partial charge in [0.05, 0.1) is 24.3 Å². The van der Waals surface area contributed by atoms with Crippen LogP contribution in [-0.4, -0.2) is 15.9 Å². The van der Waals surface area contributed by atoms with E-state index in [4.69, 9.17) is 25.7 Å². The first-order valence-electron chi connectivity index (χ1n) is 13.3. The number of nitrogens with zero attached hydrogens (tertiary/aromatic N) is 3. The number of fused-ring (bicyclic) bond motifs is 3. The van der Waals surface area contributed by atoms with Gasteiger partial charge in [0, 0.05) is 10.4 Å². The summed E-state index contributed by atoms with van der Waals surface area (Å²) in [5.41, 5.74) is 2.84. The topological polar surface area (TPSA) is 69.6 Å². The van der Waals surface area contributed by atoms with Gasteiger partial charge >= 0.3 is 0 Å². The van der Waals surface area contributed by atoms with Crippen molar-refractivity contribution in [3.8, 4) is 17.3 Å². The Bertz CT molecular complexity index is 2250. The van der Waals surface area contributed by atoms with Gasteiger partial charge in [0.1, 0.15) is 17.9 Å². The van der Waals surface area contributed by atoms with Crippen molar-refractivity contribution >= 4 is 95.6 Å². The van der Waals surface area contributed by atoms with E-state index in [0.717, 1.165) is 29.4 Å². The number of hydrogen-bond acceptors (Lipinski definition) is 5. The molecule has 2 heterocycles. The highest BCUT2D eigenvalue weighted by Crippen LogP contribution is 2.31. The quantitative estimate of drug-likeness (QED) is 0.124. The fourth-order valence-electron chi connectivity index (χ4n) is 5.00. The fourth-order valence-corrected chi connectivity index (χ4v) is 7.31. The molecule has 6 nitrogen and oxygen atoms in total. The molecule has 0 radical (unpaired) electrons. The van der Waals surface area contributed by atoms with E-state index < -0.39 is 0 Å². The van der Waals surface area contributed by atoms with E-state index in [9.17, 15) is 4.79 Å². The summed E-state index contributed by atoms with van der Waals surface area (Å²) in [6.07, 6.45) is 1.65. The van der Waals surface area contributed by atoms with Crippen LogP contribution >= 0.6 is 56.8 Å².